The Bertz CT molecular complexity index is 397. The molecule has 0 bridgehead atoms. The zero-order valence-corrected chi connectivity index (χ0v) is 9.99. The molecule has 1 aliphatic rings. The fourth-order valence-electron chi connectivity index (χ4n) is 1.56. The summed E-state index contributed by atoms with van der Waals surface area (Å²) in [6.45, 7) is 2.15. The lowest BCUT2D eigenvalue weighted by Crippen LogP contribution is -2.37. The second-order valence-electron chi connectivity index (χ2n) is 3.20. The van der Waals surface area contributed by atoms with Crippen LogP contribution in [0.25, 0.3) is 0 Å². The lowest BCUT2D eigenvalue weighted by Gasteiger charge is -2.21. The van der Waals surface area contributed by atoms with Crippen LogP contribution in [-0.4, -0.2) is 25.4 Å². The highest BCUT2D eigenvalue weighted by molar-refractivity contribution is 8.00. The van der Waals surface area contributed by atoms with Gasteiger partial charge in [-0.3, -0.25) is 0 Å². The third-order valence-corrected chi connectivity index (χ3v) is 3.43. The molecule has 0 radical (unpaired) electrons. The van der Waals surface area contributed by atoms with E-state index in [1.54, 1.807) is 14.0 Å². The molecule has 0 saturated carbocycles. The van der Waals surface area contributed by atoms with Crippen molar-refractivity contribution < 1.29 is 14.3 Å². The topological polar surface area (TPSA) is 38.8 Å². The van der Waals surface area contributed by atoms with E-state index in [9.17, 15) is 4.79 Å². The normalized spacial score (nSPS) is 18.4. The summed E-state index contributed by atoms with van der Waals surface area (Å²) >= 11 is 1.50. The predicted molar refractivity (Wildman–Crippen MR) is 62.6 cm³/mol. The third-order valence-electron chi connectivity index (χ3n) is 2.23. The monoisotopic (exact) mass is 239 g/mol. The molecule has 1 aromatic rings. The Morgan fingerprint density at radius 3 is 2.94 bits per heavy atom. The molecule has 1 heterocycles. The first-order valence-electron chi connectivity index (χ1n) is 5.02. The molecule has 0 spiro atoms. The van der Waals surface area contributed by atoms with Gasteiger partial charge in [0.15, 0.2) is 5.56 Å². The Hall–Kier alpha value is -1.20. The number of hydrogen-bond acceptors (Lipinski definition) is 4. The number of ether oxygens (including phenoxy) is 2. The first kappa shape index (κ1) is 11.3. The highest BCUT2D eigenvalue weighted by atomic mass is 32.2. The molecule has 1 aromatic carbocycles. The van der Waals surface area contributed by atoms with Crippen LogP contribution in [0.4, 0.5) is 10.5 Å². The van der Waals surface area contributed by atoms with Crippen LogP contribution in [0.1, 0.15) is 6.92 Å². The molecule has 1 atom stereocenters. The number of hydrogen-bond donors (Lipinski definition) is 0. The summed E-state index contributed by atoms with van der Waals surface area (Å²) in [7, 11) is 1.58. The minimum Gasteiger partial charge on any atom is -0.449 e. The van der Waals surface area contributed by atoms with E-state index in [1.807, 2.05) is 24.3 Å². The second kappa shape index (κ2) is 4.76. The Balaban J connectivity index is 2.30. The van der Waals surface area contributed by atoms with Crippen molar-refractivity contribution in [3.63, 3.8) is 0 Å². The average molecular weight is 239 g/mol. The maximum Gasteiger partial charge on any atom is 0.417 e. The molecule has 0 fully saturated rings. The first-order valence-corrected chi connectivity index (χ1v) is 5.90. The van der Waals surface area contributed by atoms with Gasteiger partial charge in [-0.25, -0.2) is 9.69 Å². The molecule has 0 aromatic heterocycles. The number of carbonyl (C=O) groups is 1. The van der Waals surface area contributed by atoms with E-state index < -0.39 is 0 Å². The van der Waals surface area contributed by atoms with Gasteiger partial charge >= 0.3 is 6.09 Å². The Morgan fingerprint density at radius 1 is 1.50 bits per heavy atom. The van der Waals surface area contributed by atoms with Gasteiger partial charge in [0.25, 0.3) is 0 Å². The van der Waals surface area contributed by atoms with Crippen LogP contribution < -0.4 is 4.90 Å². The molecule has 2 rings (SSSR count). The third kappa shape index (κ3) is 1.88. The molecule has 4 nitrogen and oxygen atoms in total. The molecule has 5 heteroatoms. The maximum atomic E-state index is 11.8. The van der Waals surface area contributed by atoms with Crippen LogP contribution in [0.2, 0.25) is 0 Å². The van der Waals surface area contributed by atoms with E-state index in [0.717, 1.165) is 10.6 Å². The first-order chi connectivity index (χ1) is 7.77. The Morgan fingerprint density at radius 2 is 2.25 bits per heavy atom. The van der Waals surface area contributed by atoms with Crippen molar-refractivity contribution in [2.75, 3.05) is 18.6 Å². The van der Waals surface area contributed by atoms with Gasteiger partial charge in [0.2, 0.25) is 0 Å². The molecule has 0 saturated heterocycles. The van der Waals surface area contributed by atoms with Crippen LogP contribution in [0.5, 0.6) is 0 Å². The largest absolute Gasteiger partial charge is 0.449 e. The number of rotatable bonds is 2. The van der Waals surface area contributed by atoms with E-state index in [-0.39, 0.29) is 11.7 Å². The van der Waals surface area contributed by atoms with Crippen LogP contribution in [-0.2, 0) is 9.47 Å². The molecule has 1 aliphatic heterocycles. The molecule has 16 heavy (non-hydrogen) atoms. The highest BCUT2D eigenvalue weighted by Gasteiger charge is 2.35. The fourth-order valence-corrected chi connectivity index (χ4v) is 2.62. The van der Waals surface area contributed by atoms with Gasteiger partial charge in [-0.15, -0.1) is 0 Å². The summed E-state index contributed by atoms with van der Waals surface area (Å²) < 4.78 is 10.3. The van der Waals surface area contributed by atoms with Gasteiger partial charge in [-0.05, 0) is 19.1 Å². The molecule has 0 N–H and O–H groups in total. The van der Waals surface area contributed by atoms with Crippen LogP contribution >= 0.6 is 11.8 Å². The summed E-state index contributed by atoms with van der Waals surface area (Å²) in [5, 5.41) is 0. The summed E-state index contributed by atoms with van der Waals surface area (Å²) in [5.41, 5.74) is 0.509. The number of thioether (sulfide) groups is 1. The zero-order valence-electron chi connectivity index (χ0n) is 9.17. The summed E-state index contributed by atoms with van der Waals surface area (Å²) in [6, 6.07) is 7.68. The van der Waals surface area contributed by atoms with Gasteiger partial charge in [0, 0.05) is 12.0 Å². The maximum absolute atomic E-state index is 11.8. The molecule has 86 valence electrons. The quantitative estimate of drug-likeness (QED) is 0.795. The number of amides is 1. The van der Waals surface area contributed by atoms with Gasteiger partial charge in [-0.2, -0.15) is 0 Å². The van der Waals surface area contributed by atoms with Crippen molar-refractivity contribution in [2.45, 2.75) is 17.4 Å². The number of benzene rings is 1. The number of fused-ring (bicyclic) bond motifs is 1. The average Bonchev–Trinajstić information content (AvgIpc) is 2.67. The minimum absolute atomic E-state index is 0.337. The van der Waals surface area contributed by atoms with E-state index in [4.69, 9.17) is 9.47 Å². The number of carbonyl (C=O) groups excluding carboxylic acids is 1. The Labute approximate surface area is 98.5 Å². The van der Waals surface area contributed by atoms with Crippen molar-refractivity contribution in [3.8, 4) is 0 Å². The fraction of sp³-hybridized carbons (Fsp3) is 0.364. The smallest absolute Gasteiger partial charge is 0.417 e. The summed E-state index contributed by atoms with van der Waals surface area (Å²) in [6.07, 6.45) is -0.369. The molecule has 0 aliphatic carbocycles. The van der Waals surface area contributed by atoms with E-state index >= 15 is 0 Å². The summed E-state index contributed by atoms with van der Waals surface area (Å²) in [4.78, 5) is 14.3. The number of nitrogens with zero attached hydrogens (tertiary/aromatic N) is 1. The van der Waals surface area contributed by atoms with Crippen molar-refractivity contribution in [3.05, 3.63) is 24.3 Å². The SMILES string of the molecule is CCOC(=O)N1c2ccccc2SC1OC. The number of para-hydroxylation sites is 1. The highest BCUT2D eigenvalue weighted by Crippen LogP contribution is 2.43. The van der Waals surface area contributed by atoms with Crippen LogP contribution in [0.15, 0.2) is 29.2 Å². The summed E-state index contributed by atoms with van der Waals surface area (Å²) in [5.74, 6) is 0. The van der Waals surface area contributed by atoms with E-state index in [0.29, 0.717) is 6.61 Å². The minimum atomic E-state index is -0.369. The van der Waals surface area contributed by atoms with Gasteiger partial charge in [-0.1, -0.05) is 23.9 Å². The van der Waals surface area contributed by atoms with Crippen molar-refractivity contribution in [1.82, 2.24) is 0 Å². The van der Waals surface area contributed by atoms with E-state index in [2.05, 4.69) is 0 Å². The second-order valence-corrected chi connectivity index (χ2v) is 4.28. The van der Waals surface area contributed by atoms with Crippen molar-refractivity contribution >= 4 is 23.5 Å². The van der Waals surface area contributed by atoms with Crippen molar-refractivity contribution in [1.29, 1.82) is 0 Å². The molecular weight excluding hydrogens is 226 g/mol. The van der Waals surface area contributed by atoms with Crippen molar-refractivity contribution in [2.24, 2.45) is 0 Å². The molecular formula is C11H13NO3S. The lowest BCUT2D eigenvalue weighted by atomic mass is 10.3. The lowest BCUT2D eigenvalue weighted by molar-refractivity contribution is 0.131. The van der Waals surface area contributed by atoms with Gasteiger partial charge < -0.3 is 9.47 Å². The van der Waals surface area contributed by atoms with Gasteiger partial charge in [0.1, 0.15) is 0 Å². The van der Waals surface area contributed by atoms with Crippen LogP contribution in [0, 0.1) is 0 Å². The number of anilines is 1. The number of methoxy groups -OCH3 is 1. The molecule has 1 unspecified atom stereocenters. The van der Waals surface area contributed by atoms with E-state index in [1.165, 1.54) is 16.7 Å². The molecule has 1 amide bonds. The predicted octanol–water partition coefficient (Wildman–Crippen LogP) is 2.69. The van der Waals surface area contributed by atoms with Gasteiger partial charge in [0.05, 0.1) is 12.3 Å². The zero-order chi connectivity index (χ0) is 11.5. The standard InChI is InChI=1S/C11H13NO3S/c1-3-15-10(13)12-8-6-4-5-7-9(8)16-11(12)14-2/h4-7,11H,3H2,1-2H3. The van der Waals surface area contributed by atoms with Crippen LogP contribution in [0.3, 0.4) is 0 Å². The Kier molecular flexibility index (Phi) is 3.36.